The van der Waals surface area contributed by atoms with Crippen molar-refractivity contribution in [3.8, 4) is 0 Å². The summed E-state index contributed by atoms with van der Waals surface area (Å²) in [5.74, 6) is 1.63. The van der Waals surface area contributed by atoms with Gasteiger partial charge in [0.15, 0.2) is 0 Å². The number of aryl methyl sites for hydroxylation is 1. The molecule has 1 aromatic carbocycles. The summed E-state index contributed by atoms with van der Waals surface area (Å²) in [5.41, 5.74) is 9.21. The molecular formula is C16H24N2. The zero-order valence-electron chi connectivity index (χ0n) is 11.3. The van der Waals surface area contributed by atoms with E-state index in [1.54, 1.807) is 0 Å². The molecule has 0 amide bonds. The van der Waals surface area contributed by atoms with Gasteiger partial charge in [-0.25, -0.2) is 0 Å². The second-order valence-electron chi connectivity index (χ2n) is 5.98. The molecule has 0 bridgehead atoms. The maximum absolute atomic E-state index is 6.20. The van der Waals surface area contributed by atoms with Crippen LogP contribution in [0.25, 0.3) is 0 Å². The lowest BCUT2D eigenvalue weighted by atomic mass is 9.98. The molecule has 0 aromatic heterocycles. The van der Waals surface area contributed by atoms with Crippen molar-refractivity contribution in [1.82, 2.24) is 4.90 Å². The van der Waals surface area contributed by atoms with Gasteiger partial charge in [-0.1, -0.05) is 31.2 Å². The largest absolute Gasteiger partial charge is 0.327 e. The summed E-state index contributed by atoms with van der Waals surface area (Å²) in [6.45, 7) is 5.83. The molecule has 2 N–H and O–H groups in total. The Morgan fingerprint density at radius 1 is 1.17 bits per heavy atom. The third kappa shape index (κ3) is 2.19. The molecule has 98 valence electrons. The van der Waals surface area contributed by atoms with Gasteiger partial charge < -0.3 is 5.73 Å². The molecule has 1 saturated heterocycles. The van der Waals surface area contributed by atoms with E-state index < -0.39 is 0 Å². The van der Waals surface area contributed by atoms with E-state index in [-0.39, 0.29) is 0 Å². The third-order valence-electron chi connectivity index (χ3n) is 4.88. The highest BCUT2D eigenvalue weighted by Gasteiger charge is 2.40. The minimum Gasteiger partial charge on any atom is -0.327 e. The Morgan fingerprint density at radius 3 is 2.67 bits per heavy atom. The zero-order valence-corrected chi connectivity index (χ0v) is 11.3. The molecule has 2 aliphatic rings. The minimum absolute atomic E-state index is 0.460. The van der Waals surface area contributed by atoms with E-state index in [0.29, 0.717) is 6.04 Å². The molecule has 0 spiro atoms. The first kappa shape index (κ1) is 12.2. The first-order valence-corrected chi connectivity index (χ1v) is 7.32. The Kier molecular flexibility index (Phi) is 3.40. The summed E-state index contributed by atoms with van der Waals surface area (Å²) in [6, 6.07) is 9.32. The second-order valence-corrected chi connectivity index (χ2v) is 5.98. The molecule has 3 atom stereocenters. The molecule has 0 radical (unpaired) electrons. The van der Waals surface area contributed by atoms with E-state index >= 15 is 0 Å². The van der Waals surface area contributed by atoms with E-state index in [9.17, 15) is 0 Å². The van der Waals surface area contributed by atoms with Crippen molar-refractivity contribution in [3.63, 3.8) is 0 Å². The molecule has 1 aliphatic carbocycles. The van der Waals surface area contributed by atoms with E-state index in [2.05, 4.69) is 36.1 Å². The van der Waals surface area contributed by atoms with Crippen LogP contribution < -0.4 is 5.73 Å². The zero-order chi connectivity index (χ0) is 12.5. The first-order valence-electron chi connectivity index (χ1n) is 7.32. The van der Waals surface area contributed by atoms with Gasteiger partial charge in [0, 0.05) is 25.7 Å². The molecule has 1 heterocycles. The molecule has 1 aliphatic heterocycles. The molecular weight excluding hydrogens is 220 g/mol. The number of hydrogen-bond acceptors (Lipinski definition) is 2. The molecule has 3 unspecified atom stereocenters. The molecule has 1 aromatic rings. The van der Waals surface area contributed by atoms with Crippen molar-refractivity contribution >= 4 is 0 Å². The maximum Gasteiger partial charge on any atom is 0.0236 e. The van der Waals surface area contributed by atoms with Crippen LogP contribution in [0.1, 0.15) is 30.9 Å². The standard InChI is InChI=1S/C16H24N2/c1-2-12-5-3-4-6-13(12)9-18-10-14-7-8-16(17)15(14)11-18/h3-6,14-16H,2,7-11,17H2,1H3. The Morgan fingerprint density at radius 2 is 1.94 bits per heavy atom. The average molecular weight is 244 g/mol. The van der Waals surface area contributed by atoms with Gasteiger partial charge in [0.25, 0.3) is 0 Å². The Labute approximate surface area is 110 Å². The van der Waals surface area contributed by atoms with Gasteiger partial charge in [-0.05, 0) is 42.2 Å². The third-order valence-corrected chi connectivity index (χ3v) is 4.88. The predicted molar refractivity (Wildman–Crippen MR) is 75.3 cm³/mol. The van der Waals surface area contributed by atoms with Gasteiger partial charge >= 0.3 is 0 Å². The van der Waals surface area contributed by atoms with E-state index in [1.165, 1.54) is 37.1 Å². The Balaban J connectivity index is 1.68. The fourth-order valence-electron chi connectivity index (χ4n) is 3.83. The maximum atomic E-state index is 6.20. The highest BCUT2D eigenvalue weighted by atomic mass is 15.2. The van der Waals surface area contributed by atoms with Crippen LogP contribution in [0, 0.1) is 11.8 Å². The van der Waals surface area contributed by atoms with Gasteiger partial charge in [-0.3, -0.25) is 4.90 Å². The van der Waals surface area contributed by atoms with Crippen LogP contribution in [0.5, 0.6) is 0 Å². The van der Waals surface area contributed by atoms with Crippen molar-refractivity contribution in [1.29, 1.82) is 0 Å². The van der Waals surface area contributed by atoms with Crippen molar-refractivity contribution in [2.24, 2.45) is 17.6 Å². The van der Waals surface area contributed by atoms with E-state index in [4.69, 9.17) is 5.73 Å². The summed E-state index contributed by atoms with van der Waals surface area (Å²) in [4.78, 5) is 2.61. The van der Waals surface area contributed by atoms with Crippen LogP contribution in [0.2, 0.25) is 0 Å². The van der Waals surface area contributed by atoms with Crippen LogP contribution in [-0.2, 0) is 13.0 Å². The smallest absolute Gasteiger partial charge is 0.0236 e. The van der Waals surface area contributed by atoms with Gasteiger partial charge in [0.05, 0.1) is 0 Å². The van der Waals surface area contributed by atoms with E-state index in [1.807, 2.05) is 0 Å². The van der Waals surface area contributed by atoms with Crippen LogP contribution >= 0.6 is 0 Å². The van der Waals surface area contributed by atoms with Crippen molar-refractivity contribution < 1.29 is 0 Å². The summed E-state index contributed by atoms with van der Waals surface area (Å²) in [5, 5.41) is 0. The highest BCUT2D eigenvalue weighted by molar-refractivity contribution is 5.27. The summed E-state index contributed by atoms with van der Waals surface area (Å²) < 4.78 is 0. The lowest BCUT2D eigenvalue weighted by Crippen LogP contribution is -2.30. The number of rotatable bonds is 3. The molecule has 2 nitrogen and oxygen atoms in total. The lowest BCUT2D eigenvalue weighted by Gasteiger charge is -2.19. The number of nitrogens with two attached hydrogens (primary N) is 1. The first-order chi connectivity index (χ1) is 8.78. The van der Waals surface area contributed by atoms with Gasteiger partial charge in [-0.15, -0.1) is 0 Å². The number of fused-ring (bicyclic) bond motifs is 1. The van der Waals surface area contributed by atoms with Crippen molar-refractivity contribution in [2.75, 3.05) is 13.1 Å². The molecule has 3 rings (SSSR count). The predicted octanol–water partition coefficient (Wildman–Crippen LogP) is 2.42. The second kappa shape index (κ2) is 5.02. The quantitative estimate of drug-likeness (QED) is 0.885. The van der Waals surface area contributed by atoms with Gasteiger partial charge in [0.2, 0.25) is 0 Å². The lowest BCUT2D eigenvalue weighted by molar-refractivity contribution is 0.297. The van der Waals surface area contributed by atoms with E-state index in [0.717, 1.165) is 24.8 Å². The summed E-state index contributed by atoms with van der Waals surface area (Å²) >= 11 is 0. The number of likely N-dealkylation sites (tertiary alicyclic amines) is 1. The Hall–Kier alpha value is -0.860. The number of hydrogen-bond donors (Lipinski definition) is 1. The monoisotopic (exact) mass is 244 g/mol. The average Bonchev–Trinajstić information content (AvgIpc) is 2.93. The van der Waals surface area contributed by atoms with Crippen LogP contribution in [0.4, 0.5) is 0 Å². The SMILES string of the molecule is CCc1ccccc1CN1CC2CCC(N)C2C1. The van der Waals surface area contributed by atoms with Crippen LogP contribution in [0.15, 0.2) is 24.3 Å². The van der Waals surface area contributed by atoms with Crippen LogP contribution in [0.3, 0.4) is 0 Å². The minimum atomic E-state index is 0.460. The summed E-state index contributed by atoms with van der Waals surface area (Å²) in [7, 11) is 0. The molecule has 2 fully saturated rings. The molecule has 2 heteroatoms. The fourth-order valence-corrected chi connectivity index (χ4v) is 3.83. The number of benzene rings is 1. The van der Waals surface area contributed by atoms with Crippen LogP contribution in [-0.4, -0.2) is 24.0 Å². The van der Waals surface area contributed by atoms with Gasteiger partial charge in [-0.2, -0.15) is 0 Å². The topological polar surface area (TPSA) is 29.3 Å². The molecule has 18 heavy (non-hydrogen) atoms. The van der Waals surface area contributed by atoms with Gasteiger partial charge in [0.1, 0.15) is 0 Å². The fraction of sp³-hybridized carbons (Fsp3) is 0.625. The summed E-state index contributed by atoms with van der Waals surface area (Å²) in [6.07, 6.45) is 3.73. The normalized spacial score (nSPS) is 31.8. The van der Waals surface area contributed by atoms with Crippen molar-refractivity contribution in [2.45, 2.75) is 38.8 Å². The number of nitrogens with zero attached hydrogens (tertiary/aromatic N) is 1. The van der Waals surface area contributed by atoms with Crippen molar-refractivity contribution in [3.05, 3.63) is 35.4 Å². The molecule has 1 saturated carbocycles. The Bertz CT molecular complexity index is 415. The highest BCUT2D eigenvalue weighted by Crippen LogP contribution is 2.37.